The van der Waals surface area contributed by atoms with Crippen molar-refractivity contribution in [3.63, 3.8) is 0 Å². The molecule has 3 aliphatic heterocycles. The fraction of sp³-hybridized carbons (Fsp3) is 0.524. The maximum absolute atomic E-state index is 13.2. The summed E-state index contributed by atoms with van der Waals surface area (Å²) in [6.45, 7) is 4.80. The number of imide groups is 1. The number of ether oxygens (including phenoxy) is 1. The fourth-order valence-corrected chi connectivity index (χ4v) is 4.11. The fourth-order valence-electron chi connectivity index (χ4n) is 4.11. The van der Waals surface area contributed by atoms with Crippen molar-refractivity contribution in [1.82, 2.24) is 9.80 Å². The molecule has 2 amide bonds. The Morgan fingerprint density at radius 1 is 1.00 bits per heavy atom. The van der Waals surface area contributed by atoms with Crippen LogP contribution in [-0.4, -0.2) is 54.0 Å². The summed E-state index contributed by atoms with van der Waals surface area (Å²) in [5.41, 5.74) is 3.14. The van der Waals surface area contributed by atoms with Crippen molar-refractivity contribution in [2.75, 3.05) is 26.2 Å². The summed E-state index contributed by atoms with van der Waals surface area (Å²) in [5, 5.41) is 0. The van der Waals surface area contributed by atoms with Gasteiger partial charge in [0.15, 0.2) is 0 Å². The zero-order chi connectivity index (χ0) is 18.1. The molecule has 3 aliphatic rings. The van der Waals surface area contributed by atoms with Gasteiger partial charge in [-0.05, 0) is 44.6 Å². The van der Waals surface area contributed by atoms with Gasteiger partial charge in [-0.2, -0.15) is 0 Å². The number of piperidine rings is 1. The highest BCUT2D eigenvalue weighted by molar-refractivity contribution is 6.35. The summed E-state index contributed by atoms with van der Waals surface area (Å²) >= 11 is 0. The molecule has 0 saturated carbocycles. The molecule has 3 heterocycles. The second kappa shape index (κ2) is 7.23. The summed E-state index contributed by atoms with van der Waals surface area (Å²) in [4.78, 5) is 29.9. The molecule has 0 aromatic heterocycles. The molecule has 0 N–H and O–H groups in total. The van der Waals surface area contributed by atoms with Crippen LogP contribution in [0.15, 0.2) is 30.0 Å². The smallest absolute Gasteiger partial charge is 0.277 e. The van der Waals surface area contributed by atoms with Crippen LogP contribution >= 0.6 is 0 Å². The van der Waals surface area contributed by atoms with Gasteiger partial charge in [-0.25, -0.2) is 0 Å². The predicted octanol–water partition coefficient (Wildman–Crippen LogP) is 2.74. The van der Waals surface area contributed by atoms with Gasteiger partial charge in [-0.3, -0.25) is 14.5 Å². The molecule has 26 heavy (non-hydrogen) atoms. The van der Waals surface area contributed by atoms with Gasteiger partial charge in [0, 0.05) is 19.7 Å². The number of amides is 2. The Hall–Kier alpha value is -2.14. The van der Waals surface area contributed by atoms with E-state index in [-0.39, 0.29) is 17.9 Å². The molecule has 1 aromatic carbocycles. The first kappa shape index (κ1) is 17.3. The molecule has 1 atom stereocenters. The van der Waals surface area contributed by atoms with Gasteiger partial charge in [0.1, 0.15) is 5.70 Å². The number of nitrogens with zero attached hydrogens (tertiary/aromatic N) is 2. The van der Waals surface area contributed by atoms with Gasteiger partial charge in [0.2, 0.25) is 0 Å². The molecule has 5 heteroatoms. The Labute approximate surface area is 154 Å². The minimum Gasteiger partial charge on any atom is -0.376 e. The van der Waals surface area contributed by atoms with E-state index in [0.29, 0.717) is 17.8 Å². The van der Waals surface area contributed by atoms with E-state index in [1.807, 2.05) is 31.2 Å². The van der Waals surface area contributed by atoms with Crippen molar-refractivity contribution in [3.8, 4) is 0 Å². The van der Waals surface area contributed by atoms with Crippen molar-refractivity contribution >= 4 is 17.4 Å². The zero-order valence-corrected chi connectivity index (χ0v) is 15.4. The van der Waals surface area contributed by atoms with Gasteiger partial charge in [-0.1, -0.05) is 29.8 Å². The Morgan fingerprint density at radius 2 is 1.73 bits per heavy atom. The first-order valence-corrected chi connectivity index (χ1v) is 9.69. The van der Waals surface area contributed by atoms with Gasteiger partial charge < -0.3 is 9.64 Å². The largest absolute Gasteiger partial charge is 0.376 e. The summed E-state index contributed by atoms with van der Waals surface area (Å²) in [6.07, 6.45) is 5.21. The Balaban J connectivity index is 1.70. The number of hydrogen-bond donors (Lipinski definition) is 0. The van der Waals surface area contributed by atoms with Crippen LogP contribution in [0.3, 0.4) is 0 Å². The molecule has 0 bridgehead atoms. The van der Waals surface area contributed by atoms with E-state index in [0.717, 1.165) is 56.5 Å². The Bertz CT molecular complexity index is 726. The number of hydrogen-bond acceptors (Lipinski definition) is 4. The van der Waals surface area contributed by atoms with Crippen molar-refractivity contribution < 1.29 is 14.3 Å². The molecule has 5 nitrogen and oxygen atoms in total. The molecule has 2 saturated heterocycles. The van der Waals surface area contributed by atoms with E-state index in [1.54, 1.807) is 0 Å². The first-order chi connectivity index (χ1) is 12.6. The van der Waals surface area contributed by atoms with E-state index in [1.165, 1.54) is 11.3 Å². The SMILES string of the molecule is Cc1ccc(C2=C(N3CCCCC3)C(=O)N(CC3CCCO3)C2=O)cc1. The lowest BCUT2D eigenvalue weighted by Gasteiger charge is -2.30. The van der Waals surface area contributed by atoms with Crippen molar-refractivity contribution in [3.05, 3.63) is 41.1 Å². The number of likely N-dealkylation sites (tertiary alicyclic amines) is 1. The highest BCUT2D eigenvalue weighted by Gasteiger charge is 2.42. The van der Waals surface area contributed by atoms with E-state index < -0.39 is 0 Å². The third-order valence-corrected chi connectivity index (χ3v) is 5.57. The van der Waals surface area contributed by atoms with Crippen LogP contribution in [0.4, 0.5) is 0 Å². The number of carbonyl (C=O) groups excluding carboxylic acids is 2. The normalized spacial score (nSPS) is 24.1. The second-order valence-corrected chi connectivity index (χ2v) is 7.49. The van der Waals surface area contributed by atoms with Crippen molar-refractivity contribution in [2.24, 2.45) is 0 Å². The van der Waals surface area contributed by atoms with Gasteiger partial charge in [0.05, 0.1) is 18.2 Å². The van der Waals surface area contributed by atoms with E-state index >= 15 is 0 Å². The van der Waals surface area contributed by atoms with Crippen molar-refractivity contribution in [2.45, 2.75) is 45.1 Å². The maximum atomic E-state index is 13.2. The molecule has 2 fully saturated rings. The second-order valence-electron chi connectivity index (χ2n) is 7.49. The number of aryl methyl sites for hydroxylation is 1. The first-order valence-electron chi connectivity index (χ1n) is 9.69. The van der Waals surface area contributed by atoms with Gasteiger partial charge >= 0.3 is 0 Å². The molecular weight excluding hydrogens is 328 g/mol. The summed E-state index contributed by atoms with van der Waals surface area (Å²) in [6, 6.07) is 7.90. The van der Waals surface area contributed by atoms with Crippen LogP contribution in [-0.2, 0) is 14.3 Å². The minimum atomic E-state index is -0.171. The maximum Gasteiger partial charge on any atom is 0.277 e. The average molecular weight is 354 g/mol. The lowest BCUT2D eigenvalue weighted by molar-refractivity contribution is -0.139. The Morgan fingerprint density at radius 3 is 2.38 bits per heavy atom. The molecular formula is C21H26N2O3. The van der Waals surface area contributed by atoms with E-state index in [2.05, 4.69) is 4.90 Å². The van der Waals surface area contributed by atoms with Crippen LogP contribution in [0.5, 0.6) is 0 Å². The molecule has 1 unspecified atom stereocenters. The zero-order valence-electron chi connectivity index (χ0n) is 15.4. The molecule has 4 rings (SSSR count). The van der Waals surface area contributed by atoms with Crippen LogP contribution in [0.25, 0.3) is 5.57 Å². The number of rotatable bonds is 4. The van der Waals surface area contributed by atoms with Crippen LogP contribution in [0, 0.1) is 6.92 Å². The topological polar surface area (TPSA) is 49.9 Å². The molecule has 1 aromatic rings. The minimum absolute atomic E-state index is 0.0251. The average Bonchev–Trinajstić information content (AvgIpc) is 3.25. The van der Waals surface area contributed by atoms with Gasteiger partial charge in [-0.15, -0.1) is 0 Å². The molecule has 0 spiro atoms. The number of carbonyl (C=O) groups is 2. The quantitative estimate of drug-likeness (QED) is 0.780. The number of benzene rings is 1. The monoisotopic (exact) mass is 354 g/mol. The highest BCUT2D eigenvalue weighted by atomic mass is 16.5. The summed E-state index contributed by atoms with van der Waals surface area (Å²) < 4.78 is 5.67. The third kappa shape index (κ3) is 3.16. The third-order valence-electron chi connectivity index (χ3n) is 5.57. The van der Waals surface area contributed by atoms with Crippen LogP contribution < -0.4 is 0 Å². The Kier molecular flexibility index (Phi) is 4.81. The summed E-state index contributed by atoms with van der Waals surface area (Å²) in [7, 11) is 0. The highest BCUT2D eigenvalue weighted by Crippen LogP contribution is 2.34. The molecule has 0 radical (unpaired) electrons. The lowest BCUT2D eigenvalue weighted by Crippen LogP contribution is -2.40. The van der Waals surface area contributed by atoms with E-state index in [9.17, 15) is 9.59 Å². The van der Waals surface area contributed by atoms with E-state index in [4.69, 9.17) is 4.74 Å². The lowest BCUT2D eigenvalue weighted by atomic mass is 10.0. The van der Waals surface area contributed by atoms with Crippen LogP contribution in [0.2, 0.25) is 0 Å². The van der Waals surface area contributed by atoms with Crippen molar-refractivity contribution in [1.29, 1.82) is 0 Å². The molecule has 0 aliphatic carbocycles. The standard InChI is InChI=1S/C21H26N2O3/c1-15-7-9-16(10-8-15)18-19(22-11-3-2-4-12-22)21(25)23(20(18)24)14-17-6-5-13-26-17/h7-10,17H,2-6,11-14H2,1H3. The predicted molar refractivity (Wildman–Crippen MR) is 99.2 cm³/mol. The van der Waals surface area contributed by atoms with Gasteiger partial charge in [0.25, 0.3) is 11.8 Å². The molecule has 138 valence electrons. The van der Waals surface area contributed by atoms with Crippen LogP contribution in [0.1, 0.15) is 43.2 Å². The summed E-state index contributed by atoms with van der Waals surface area (Å²) in [5.74, 6) is -0.321.